The van der Waals surface area contributed by atoms with Gasteiger partial charge in [0.05, 0.1) is 11.8 Å². The number of rotatable bonds is 3. The van der Waals surface area contributed by atoms with Gasteiger partial charge in [0.2, 0.25) is 0 Å². The largest absolute Gasteiger partial charge is 0.396 e. The first-order valence-corrected chi connectivity index (χ1v) is 5.69. The first-order valence-electron chi connectivity index (χ1n) is 5.69. The summed E-state index contributed by atoms with van der Waals surface area (Å²) in [6.45, 7) is 0. The second-order valence-electron chi connectivity index (χ2n) is 4.26. The maximum absolute atomic E-state index is 8.84. The third kappa shape index (κ3) is 2.66. The fourth-order valence-corrected chi connectivity index (χ4v) is 2.13. The van der Waals surface area contributed by atoms with Gasteiger partial charge >= 0.3 is 0 Å². The minimum Gasteiger partial charge on any atom is -0.396 e. The SMILES string of the molecule is COC1CCC(Nc2ccc(N)c(C#N)n2)C1. The van der Waals surface area contributed by atoms with Gasteiger partial charge in [0.1, 0.15) is 11.9 Å². The van der Waals surface area contributed by atoms with Crippen LogP contribution in [0.5, 0.6) is 0 Å². The van der Waals surface area contributed by atoms with Crippen molar-refractivity contribution < 1.29 is 4.74 Å². The number of hydrogen-bond acceptors (Lipinski definition) is 5. The van der Waals surface area contributed by atoms with E-state index in [9.17, 15) is 0 Å². The highest BCUT2D eigenvalue weighted by Crippen LogP contribution is 2.24. The first kappa shape index (κ1) is 11.7. The molecule has 1 aromatic heterocycles. The fourth-order valence-electron chi connectivity index (χ4n) is 2.13. The molecule has 90 valence electrons. The molecule has 2 rings (SSSR count). The number of aromatic nitrogens is 1. The zero-order valence-electron chi connectivity index (χ0n) is 9.81. The Balaban J connectivity index is 2.02. The predicted octanol–water partition coefficient (Wildman–Crippen LogP) is 1.51. The number of ether oxygens (including phenoxy) is 1. The predicted molar refractivity (Wildman–Crippen MR) is 65.4 cm³/mol. The first-order chi connectivity index (χ1) is 8.22. The second-order valence-corrected chi connectivity index (χ2v) is 4.26. The third-order valence-electron chi connectivity index (χ3n) is 3.10. The average molecular weight is 232 g/mol. The van der Waals surface area contributed by atoms with E-state index >= 15 is 0 Å². The molecule has 2 atom stereocenters. The van der Waals surface area contributed by atoms with Crippen LogP contribution in [0.25, 0.3) is 0 Å². The molecule has 1 heterocycles. The molecular formula is C12H16N4O. The van der Waals surface area contributed by atoms with Crippen LogP contribution < -0.4 is 11.1 Å². The van der Waals surface area contributed by atoms with Crippen molar-refractivity contribution in [2.24, 2.45) is 0 Å². The molecular weight excluding hydrogens is 216 g/mol. The van der Waals surface area contributed by atoms with Gasteiger partial charge in [0.25, 0.3) is 0 Å². The lowest BCUT2D eigenvalue weighted by atomic mass is 10.2. The Morgan fingerprint density at radius 1 is 1.53 bits per heavy atom. The van der Waals surface area contributed by atoms with Gasteiger partial charge in [-0.05, 0) is 31.4 Å². The standard InChI is InChI=1S/C12H16N4O/c1-17-9-3-2-8(6-9)15-12-5-4-10(14)11(7-13)16-12/h4-5,8-9H,2-3,6,14H2,1H3,(H,15,16). The number of nitrogen functional groups attached to an aromatic ring is 1. The van der Waals surface area contributed by atoms with Crippen LogP contribution in [0.15, 0.2) is 12.1 Å². The Morgan fingerprint density at radius 3 is 3.00 bits per heavy atom. The van der Waals surface area contributed by atoms with Crippen LogP contribution >= 0.6 is 0 Å². The summed E-state index contributed by atoms with van der Waals surface area (Å²) in [6.07, 6.45) is 3.43. The molecule has 1 aliphatic carbocycles. The second kappa shape index (κ2) is 5.02. The van der Waals surface area contributed by atoms with Crippen molar-refractivity contribution in [3.63, 3.8) is 0 Å². The molecule has 1 aromatic rings. The number of nitrogens with one attached hydrogen (secondary N) is 1. The molecule has 2 unspecified atom stereocenters. The average Bonchev–Trinajstić information content (AvgIpc) is 2.79. The Labute approximate surface area is 101 Å². The van der Waals surface area contributed by atoms with Gasteiger partial charge in [-0.25, -0.2) is 4.98 Å². The lowest BCUT2D eigenvalue weighted by Crippen LogP contribution is -2.18. The van der Waals surface area contributed by atoms with Crippen molar-refractivity contribution >= 4 is 11.5 Å². The quantitative estimate of drug-likeness (QED) is 0.825. The highest BCUT2D eigenvalue weighted by atomic mass is 16.5. The van der Waals surface area contributed by atoms with Crippen LogP contribution in [0.4, 0.5) is 11.5 Å². The molecule has 0 aliphatic heterocycles. The highest BCUT2D eigenvalue weighted by molar-refractivity contribution is 5.54. The van der Waals surface area contributed by atoms with Gasteiger partial charge in [-0.2, -0.15) is 5.26 Å². The van der Waals surface area contributed by atoms with Gasteiger partial charge in [0, 0.05) is 13.2 Å². The van der Waals surface area contributed by atoms with Crippen LogP contribution in [0, 0.1) is 11.3 Å². The van der Waals surface area contributed by atoms with Crippen LogP contribution in [-0.4, -0.2) is 24.2 Å². The summed E-state index contributed by atoms with van der Waals surface area (Å²) in [5, 5.41) is 12.2. The lowest BCUT2D eigenvalue weighted by Gasteiger charge is -2.13. The van der Waals surface area contributed by atoms with E-state index < -0.39 is 0 Å². The molecule has 1 fully saturated rings. The number of hydrogen-bond donors (Lipinski definition) is 2. The van der Waals surface area contributed by atoms with E-state index in [0.717, 1.165) is 19.3 Å². The van der Waals surface area contributed by atoms with Gasteiger partial charge in [-0.15, -0.1) is 0 Å². The van der Waals surface area contributed by atoms with E-state index in [1.165, 1.54) is 0 Å². The minimum absolute atomic E-state index is 0.274. The molecule has 0 amide bonds. The maximum Gasteiger partial charge on any atom is 0.165 e. The van der Waals surface area contributed by atoms with E-state index in [-0.39, 0.29) is 5.69 Å². The summed E-state index contributed by atoms with van der Waals surface area (Å²) in [6, 6.07) is 5.85. The molecule has 0 spiro atoms. The van der Waals surface area contributed by atoms with Crippen LogP contribution in [0.1, 0.15) is 25.0 Å². The Morgan fingerprint density at radius 2 is 2.35 bits per heavy atom. The molecule has 3 N–H and O–H groups in total. The summed E-state index contributed by atoms with van der Waals surface area (Å²) >= 11 is 0. The van der Waals surface area contributed by atoms with Crippen molar-refractivity contribution in [2.75, 3.05) is 18.2 Å². The Bertz CT molecular complexity index is 441. The van der Waals surface area contributed by atoms with Gasteiger partial charge < -0.3 is 15.8 Å². The lowest BCUT2D eigenvalue weighted by molar-refractivity contribution is 0.108. The molecule has 0 bridgehead atoms. The smallest absolute Gasteiger partial charge is 0.165 e. The molecule has 1 saturated carbocycles. The van der Waals surface area contributed by atoms with Crippen molar-refractivity contribution in [3.05, 3.63) is 17.8 Å². The number of methoxy groups -OCH3 is 1. The zero-order chi connectivity index (χ0) is 12.3. The van der Waals surface area contributed by atoms with Crippen LogP contribution in [0.3, 0.4) is 0 Å². The van der Waals surface area contributed by atoms with Crippen molar-refractivity contribution in [2.45, 2.75) is 31.4 Å². The molecule has 0 saturated heterocycles. The van der Waals surface area contributed by atoms with Crippen molar-refractivity contribution in [1.82, 2.24) is 4.98 Å². The monoisotopic (exact) mass is 232 g/mol. The minimum atomic E-state index is 0.274. The number of nitrogens with zero attached hydrogens (tertiary/aromatic N) is 2. The summed E-state index contributed by atoms with van der Waals surface area (Å²) < 4.78 is 5.31. The highest BCUT2D eigenvalue weighted by Gasteiger charge is 2.24. The van der Waals surface area contributed by atoms with Gasteiger partial charge in [-0.1, -0.05) is 0 Å². The summed E-state index contributed by atoms with van der Waals surface area (Å²) in [5.41, 5.74) is 6.31. The van der Waals surface area contributed by atoms with E-state index in [1.54, 1.807) is 19.2 Å². The molecule has 0 radical (unpaired) electrons. The molecule has 0 aromatic carbocycles. The van der Waals surface area contributed by atoms with E-state index in [4.69, 9.17) is 15.7 Å². The van der Waals surface area contributed by atoms with E-state index in [0.29, 0.717) is 23.7 Å². The van der Waals surface area contributed by atoms with Gasteiger partial charge in [-0.3, -0.25) is 0 Å². The van der Waals surface area contributed by atoms with E-state index in [2.05, 4.69) is 10.3 Å². The number of pyridine rings is 1. The molecule has 17 heavy (non-hydrogen) atoms. The summed E-state index contributed by atoms with van der Waals surface area (Å²) in [7, 11) is 1.74. The Hall–Kier alpha value is -1.80. The zero-order valence-corrected chi connectivity index (χ0v) is 9.81. The number of anilines is 2. The Kier molecular flexibility index (Phi) is 3.45. The van der Waals surface area contributed by atoms with Crippen molar-refractivity contribution in [3.8, 4) is 6.07 Å². The summed E-state index contributed by atoms with van der Waals surface area (Å²) in [4.78, 5) is 4.17. The third-order valence-corrected chi connectivity index (χ3v) is 3.10. The van der Waals surface area contributed by atoms with Crippen molar-refractivity contribution in [1.29, 1.82) is 5.26 Å². The van der Waals surface area contributed by atoms with Gasteiger partial charge in [0.15, 0.2) is 5.69 Å². The fraction of sp³-hybridized carbons (Fsp3) is 0.500. The van der Waals surface area contributed by atoms with Crippen LogP contribution in [0.2, 0.25) is 0 Å². The molecule has 5 nitrogen and oxygen atoms in total. The molecule has 1 aliphatic rings. The summed E-state index contributed by atoms with van der Waals surface area (Å²) in [5.74, 6) is 0.706. The normalized spacial score (nSPS) is 23.3. The van der Waals surface area contributed by atoms with E-state index in [1.807, 2.05) is 6.07 Å². The molecule has 5 heteroatoms. The maximum atomic E-state index is 8.84. The van der Waals surface area contributed by atoms with Crippen LogP contribution in [-0.2, 0) is 4.74 Å². The number of nitrogens with two attached hydrogens (primary N) is 1. The number of nitriles is 1. The topological polar surface area (TPSA) is 84.0 Å².